The van der Waals surface area contributed by atoms with Crippen LogP contribution < -0.4 is 15.1 Å². The van der Waals surface area contributed by atoms with Crippen LogP contribution in [0, 0.1) is 6.92 Å². The first-order valence-electron chi connectivity index (χ1n) is 9.83. The van der Waals surface area contributed by atoms with Crippen molar-refractivity contribution in [1.29, 1.82) is 0 Å². The third kappa shape index (κ3) is 4.89. The van der Waals surface area contributed by atoms with Crippen molar-refractivity contribution in [3.63, 3.8) is 0 Å². The first kappa shape index (κ1) is 19.7. The molecule has 2 saturated heterocycles. The minimum absolute atomic E-state index is 0.111. The fourth-order valence-corrected chi connectivity index (χ4v) is 3.75. The van der Waals surface area contributed by atoms with Crippen molar-refractivity contribution in [2.45, 2.75) is 6.92 Å². The first-order chi connectivity index (χ1) is 14.1. The quantitative estimate of drug-likeness (QED) is 0.829. The number of hydrogen-bond acceptors (Lipinski definition) is 6. The predicted molar refractivity (Wildman–Crippen MR) is 114 cm³/mol. The molecular formula is C20H25ClN6O2. The molecule has 3 heterocycles. The number of ether oxygens (including phenoxy) is 1. The number of anilines is 3. The average Bonchev–Trinajstić information content (AvgIpc) is 2.74. The number of benzene rings is 1. The van der Waals surface area contributed by atoms with E-state index in [9.17, 15) is 4.79 Å². The molecule has 0 unspecified atom stereocenters. The van der Waals surface area contributed by atoms with Gasteiger partial charge in [0.25, 0.3) is 0 Å². The third-order valence-corrected chi connectivity index (χ3v) is 5.35. The highest BCUT2D eigenvalue weighted by Crippen LogP contribution is 2.22. The van der Waals surface area contributed by atoms with Crippen LogP contribution >= 0.6 is 11.6 Å². The molecule has 9 heteroatoms. The molecule has 0 radical (unpaired) electrons. The van der Waals surface area contributed by atoms with Gasteiger partial charge in [-0.15, -0.1) is 0 Å². The fraction of sp³-hybridized carbons (Fsp3) is 0.450. The summed E-state index contributed by atoms with van der Waals surface area (Å²) in [6.45, 7) is 7.75. The first-order valence-corrected chi connectivity index (χ1v) is 10.2. The van der Waals surface area contributed by atoms with Crippen LogP contribution in [-0.2, 0) is 4.74 Å². The molecule has 0 bridgehead atoms. The lowest BCUT2D eigenvalue weighted by atomic mass is 10.3. The second-order valence-electron chi connectivity index (χ2n) is 7.15. The molecule has 2 amide bonds. The third-order valence-electron chi connectivity index (χ3n) is 5.11. The van der Waals surface area contributed by atoms with Crippen molar-refractivity contribution in [3.05, 3.63) is 41.2 Å². The number of morpholine rings is 1. The van der Waals surface area contributed by atoms with Gasteiger partial charge in [-0.2, -0.15) is 0 Å². The monoisotopic (exact) mass is 416 g/mol. The van der Waals surface area contributed by atoms with Crippen LogP contribution in [0.3, 0.4) is 0 Å². The topological polar surface area (TPSA) is 73.8 Å². The molecule has 2 aliphatic heterocycles. The average molecular weight is 417 g/mol. The van der Waals surface area contributed by atoms with Crippen LogP contribution in [0.1, 0.15) is 5.82 Å². The Bertz CT molecular complexity index is 866. The Labute approximate surface area is 175 Å². The Balaban J connectivity index is 1.38. The number of carbonyl (C=O) groups excluding carboxylic acids is 1. The summed E-state index contributed by atoms with van der Waals surface area (Å²) in [5, 5.41) is 3.51. The van der Waals surface area contributed by atoms with Crippen molar-refractivity contribution in [3.8, 4) is 0 Å². The Kier molecular flexibility index (Phi) is 6.01. The Morgan fingerprint density at radius 3 is 2.31 bits per heavy atom. The molecule has 0 spiro atoms. The number of rotatable bonds is 3. The molecule has 8 nitrogen and oxygen atoms in total. The summed E-state index contributed by atoms with van der Waals surface area (Å²) < 4.78 is 5.44. The smallest absolute Gasteiger partial charge is 0.321 e. The van der Waals surface area contributed by atoms with Crippen molar-refractivity contribution >= 4 is 35.0 Å². The fourth-order valence-electron chi connectivity index (χ4n) is 3.56. The molecule has 2 aromatic rings. The summed E-state index contributed by atoms with van der Waals surface area (Å²) >= 11 is 5.99. The van der Waals surface area contributed by atoms with E-state index < -0.39 is 0 Å². The zero-order chi connectivity index (χ0) is 20.2. The van der Waals surface area contributed by atoms with E-state index in [0.717, 1.165) is 56.9 Å². The molecule has 1 aromatic heterocycles. The van der Waals surface area contributed by atoms with Gasteiger partial charge in [0.2, 0.25) is 0 Å². The molecule has 1 N–H and O–H groups in total. The van der Waals surface area contributed by atoms with E-state index in [1.54, 1.807) is 12.1 Å². The summed E-state index contributed by atoms with van der Waals surface area (Å²) in [6.07, 6.45) is 0. The van der Waals surface area contributed by atoms with Crippen molar-refractivity contribution in [2.75, 3.05) is 67.6 Å². The zero-order valence-electron chi connectivity index (χ0n) is 16.5. The van der Waals surface area contributed by atoms with E-state index in [1.807, 2.05) is 30.0 Å². The number of hydrogen-bond donors (Lipinski definition) is 1. The van der Waals surface area contributed by atoms with Gasteiger partial charge in [-0.05, 0) is 25.1 Å². The molecule has 0 saturated carbocycles. The summed E-state index contributed by atoms with van der Waals surface area (Å²) in [7, 11) is 0. The lowest BCUT2D eigenvalue weighted by Gasteiger charge is -2.36. The maximum absolute atomic E-state index is 12.5. The Morgan fingerprint density at radius 1 is 1.00 bits per heavy atom. The number of carbonyl (C=O) groups is 1. The number of nitrogens with one attached hydrogen (secondary N) is 1. The molecule has 2 fully saturated rings. The van der Waals surface area contributed by atoms with Gasteiger partial charge in [0.15, 0.2) is 0 Å². The van der Waals surface area contributed by atoms with E-state index in [-0.39, 0.29) is 6.03 Å². The van der Waals surface area contributed by atoms with Crippen LogP contribution in [-0.4, -0.2) is 73.4 Å². The van der Waals surface area contributed by atoms with Gasteiger partial charge in [0.1, 0.15) is 17.5 Å². The predicted octanol–water partition coefficient (Wildman–Crippen LogP) is 2.63. The van der Waals surface area contributed by atoms with Gasteiger partial charge in [0.05, 0.1) is 13.2 Å². The summed E-state index contributed by atoms with van der Waals surface area (Å²) in [4.78, 5) is 28.0. The molecular weight excluding hydrogens is 392 g/mol. The van der Waals surface area contributed by atoms with E-state index in [2.05, 4.69) is 25.1 Å². The maximum Gasteiger partial charge on any atom is 0.321 e. The zero-order valence-corrected chi connectivity index (χ0v) is 17.2. The second-order valence-corrected chi connectivity index (χ2v) is 7.58. The molecule has 0 atom stereocenters. The van der Waals surface area contributed by atoms with Gasteiger partial charge >= 0.3 is 6.03 Å². The van der Waals surface area contributed by atoms with E-state index in [0.29, 0.717) is 23.8 Å². The number of aryl methyl sites for hydroxylation is 1. The molecule has 2 aliphatic rings. The van der Waals surface area contributed by atoms with Crippen LogP contribution in [0.2, 0.25) is 5.02 Å². The number of aromatic nitrogens is 2. The number of urea groups is 1. The highest BCUT2D eigenvalue weighted by atomic mass is 35.5. The van der Waals surface area contributed by atoms with Gasteiger partial charge in [-0.25, -0.2) is 14.8 Å². The SMILES string of the molecule is Cc1nc(N2CCOCC2)cc(N2CCN(C(=O)Nc3cccc(Cl)c3)CC2)n1. The molecule has 4 rings (SSSR count). The summed E-state index contributed by atoms with van der Waals surface area (Å²) in [6, 6.07) is 9.10. The highest BCUT2D eigenvalue weighted by Gasteiger charge is 2.23. The maximum atomic E-state index is 12.5. The number of amides is 2. The van der Waals surface area contributed by atoms with Crippen LogP contribution in [0.25, 0.3) is 0 Å². The van der Waals surface area contributed by atoms with Gasteiger partial charge in [-0.3, -0.25) is 0 Å². The lowest BCUT2D eigenvalue weighted by Crippen LogP contribution is -2.50. The highest BCUT2D eigenvalue weighted by molar-refractivity contribution is 6.30. The van der Waals surface area contributed by atoms with E-state index in [1.165, 1.54) is 0 Å². The Morgan fingerprint density at radius 2 is 1.66 bits per heavy atom. The van der Waals surface area contributed by atoms with Crippen molar-refractivity contribution < 1.29 is 9.53 Å². The van der Waals surface area contributed by atoms with Crippen LogP contribution in [0.15, 0.2) is 30.3 Å². The van der Waals surface area contributed by atoms with Gasteiger partial charge < -0.3 is 24.8 Å². The molecule has 29 heavy (non-hydrogen) atoms. The minimum Gasteiger partial charge on any atom is -0.378 e. The van der Waals surface area contributed by atoms with E-state index in [4.69, 9.17) is 16.3 Å². The molecule has 0 aliphatic carbocycles. The standard InChI is InChI=1S/C20H25ClN6O2/c1-15-22-18(14-19(23-15)26-9-11-29-12-10-26)25-5-7-27(8-6-25)20(28)24-17-4-2-3-16(21)13-17/h2-4,13-14H,5-12H2,1H3,(H,24,28). The van der Waals surface area contributed by atoms with Crippen molar-refractivity contribution in [2.24, 2.45) is 0 Å². The lowest BCUT2D eigenvalue weighted by molar-refractivity contribution is 0.122. The molecule has 1 aromatic carbocycles. The molecule has 154 valence electrons. The summed E-state index contributed by atoms with van der Waals surface area (Å²) in [5.41, 5.74) is 0.700. The number of nitrogens with zero attached hydrogens (tertiary/aromatic N) is 5. The largest absolute Gasteiger partial charge is 0.378 e. The normalized spacial score (nSPS) is 17.4. The second kappa shape index (κ2) is 8.84. The number of piperazine rings is 1. The van der Waals surface area contributed by atoms with E-state index >= 15 is 0 Å². The Hall–Kier alpha value is -2.58. The van der Waals surface area contributed by atoms with Crippen LogP contribution in [0.4, 0.5) is 22.1 Å². The van der Waals surface area contributed by atoms with Crippen molar-refractivity contribution in [1.82, 2.24) is 14.9 Å². The van der Waals surface area contributed by atoms with Gasteiger partial charge in [0, 0.05) is 56.0 Å². The van der Waals surface area contributed by atoms with Gasteiger partial charge in [-0.1, -0.05) is 17.7 Å². The summed E-state index contributed by atoms with van der Waals surface area (Å²) in [5.74, 6) is 2.61. The van der Waals surface area contributed by atoms with Crippen LogP contribution in [0.5, 0.6) is 0 Å². The number of halogens is 1. The minimum atomic E-state index is -0.111.